The minimum absolute atomic E-state index is 0.101. The molecule has 0 aliphatic carbocycles. The van der Waals surface area contributed by atoms with Gasteiger partial charge in [-0.05, 0) is 0 Å². The van der Waals surface area contributed by atoms with E-state index in [9.17, 15) is 4.79 Å². The predicted octanol–water partition coefficient (Wildman–Crippen LogP) is 1.40. The highest BCUT2D eigenvalue weighted by Gasteiger charge is 2.11. The molecule has 0 unspecified atom stereocenters. The van der Waals surface area contributed by atoms with Gasteiger partial charge in [0.05, 0.1) is 6.54 Å². The van der Waals surface area contributed by atoms with Crippen LogP contribution in [-0.4, -0.2) is 30.6 Å². The van der Waals surface area contributed by atoms with Gasteiger partial charge in [-0.1, -0.05) is 23.2 Å². The number of nitrogens with one attached hydrogen (secondary N) is 1. The molecule has 1 amide bonds. The zero-order valence-corrected chi connectivity index (χ0v) is 10.6. The summed E-state index contributed by atoms with van der Waals surface area (Å²) in [7, 11) is 0. The highest BCUT2D eigenvalue weighted by atomic mass is 35.5. The fraction of sp³-hybridized carbons (Fsp3) is 0.222. The van der Waals surface area contributed by atoms with Crippen molar-refractivity contribution in [2.75, 3.05) is 5.32 Å². The molecule has 2 aromatic rings. The first-order chi connectivity index (χ1) is 8.66. The number of carbonyl (C=O) groups is 1. The van der Waals surface area contributed by atoms with E-state index in [4.69, 9.17) is 23.2 Å². The van der Waals surface area contributed by atoms with Crippen molar-refractivity contribution >= 4 is 34.8 Å². The Morgan fingerprint density at radius 2 is 2.00 bits per heavy atom. The Morgan fingerprint density at radius 3 is 2.61 bits per heavy atom. The number of aromatic nitrogens is 5. The molecule has 2 heterocycles. The Kier molecular flexibility index (Phi) is 4.06. The molecule has 94 valence electrons. The van der Waals surface area contributed by atoms with Crippen molar-refractivity contribution in [3.63, 3.8) is 0 Å². The van der Waals surface area contributed by atoms with E-state index >= 15 is 0 Å². The lowest BCUT2D eigenvalue weighted by Crippen LogP contribution is -2.15. The third-order valence-electron chi connectivity index (χ3n) is 2.05. The topological polar surface area (TPSA) is 85.6 Å². The summed E-state index contributed by atoms with van der Waals surface area (Å²) in [5.74, 6) is -0.260. The van der Waals surface area contributed by atoms with E-state index in [1.807, 2.05) is 0 Å². The number of hydrogen-bond acceptors (Lipinski definition) is 5. The Hall–Kier alpha value is -1.73. The molecule has 0 spiro atoms. The van der Waals surface area contributed by atoms with Gasteiger partial charge < -0.3 is 5.32 Å². The van der Waals surface area contributed by atoms with Gasteiger partial charge in [0.25, 0.3) is 0 Å². The molecule has 2 rings (SSSR count). The first kappa shape index (κ1) is 12.7. The molecule has 1 N–H and O–H groups in total. The van der Waals surface area contributed by atoms with E-state index in [1.165, 1.54) is 19.0 Å². The van der Waals surface area contributed by atoms with Gasteiger partial charge in [-0.3, -0.25) is 9.48 Å². The van der Waals surface area contributed by atoms with Crippen molar-refractivity contribution in [2.45, 2.75) is 13.0 Å². The van der Waals surface area contributed by atoms with Crippen LogP contribution < -0.4 is 5.32 Å². The van der Waals surface area contributed by atoms with Crippen LogP contribution in [0.1, 0.15) is 6.42 Å². The Bertz CT molecular complexity index is 524. The van der Waals surface area contributed by atoms with Crippen molar-refractivity contribution in [3.05, 3.63) is 29.3 Å². The zero-order valence-electron chi connectivity index (χ0n) is 9.05. The molecule has 18 heavy (non-hydrogen) atoms. The summed E-state index contributed by atoms with van der Waals surface area (Å²) >= 11 is 11.6. The normalized spacial score (nSPS) is 10.3. The van der Waals surface area contributed by atoms with Gasteiger partial charge >= 0.3 is 0 Å². The third kappa shape index (κ3) is 3.14. The number of anilines is 1. The van der Waals surface area contributed by atoms with E-state index in [0.717, 1.165) is 0 Å². The van der Waals surface area contributed by atoms with Crippen LogP contribution in [0.4, 0.5) is 5.69 Å². The summed E-state index contributed by atoms with van der Waals surface area (Å²) in [6.07, 6.45) is 4.36. The standard InChI is InChI=1S/C9H8Cl2N6O/c10-8-7(9(11)14-4-13-8)16-6(18)1-2-17-5-12-3-15-17/h3-5H,1-2H2,(H,16,18). The molecule has 0 aromatic carbocycles. The minimum atomic E-state index is -0.260. The molecule has 0 aliphatic heterocycles. The average Bonchev–Trinajstić information content (AvgIpc) is 2.84. The summed E-state index contributed by atoms with van der Waals surface area (Å²) in [6, 6.07) is 0. The van der Waals surface area contributed by atoms with E-state index in [0.29, 0.717) is 6.54 Å². The number of halogens is 2. The minimum Gasteiger partial charge on any atom is -0.321 e. The number of hydrogen-bond donors (Lipinski definition) is 1. The largest absolute Gasteiger partial charge is 0.321 e. The van der Waals surface area contributed by atoms with Gasteiger partial charge in [0.2, 0.25) is 5.91 Å². The van der Waals surface area contributed by atoms with Crippen LogP contribution in [-0.2, 0) is 11.3 Å². The van der Waals surface area contributed by atoms with Crippen molar-refractivity contribution in [3.8, 4) is 0 Å². The zero-order chi connectivity index (χ0) is 13.0. The van der Waals surface area contributed by atoms with Crippen molar-refractivity contribution in [1.82, 2.24) is 24.7 Å². The van der Waals surface area contributed by atoms with Gasteiger partial charge in [-0.15, -0.1) is 0 Å². The smallest absolute Gasteiger partial charge is 0.226 e. The van der Waals surface area contributed by atoms with Crippen LogP contribution in [0.5, 0.6) is 0 Å². The second-order valence-corrected chi connectivity index (χ2v) is 4.00. The maximum absolute atomic E-state index is 11.7. The van der Waals surface area contributed by atoms with Crippen LogP contribution in [0.2, 0.25) is 10.3 Å². The summed E-state index contributed by atoms with van der Waals surface area (Å²) in [4.78, 5) is 22.9. The predicted molar refractivity (Wildman–Crippen MR) is 65.3 cm³/mol. The van der Waals surface area contributed by atoms with Gasteiger partial charge in [0.15, 0.2) is 10.3 Å². The molecule has 0 aliphatic rings. The highest BCUT2D eigenvalue weighted by molar-refractivity contribution is 6.38. The van der Waals surface area contributed by atoms with Gasteiger partial charge in [-0.25, -0.2) is 15.0 Å². The lowest BCUT2D eigenvalue weighted by molar-refractivity contribution is -0.116. The van der Waals surface area contributed by atoms with E-state index in [-0.39, 0.29) is 28.3 Å². The quantitative estimate of drug-likeness (QED) is 0.859. The molecule has 9 heteroatoms. The summed E-state index contributed by atoms with van der Waals surface area (Å²) < 4.78 is 1.55. The maximum Gasteiger partial charge on any atom is 0.226 e. The first-order valence-corrected chi connectivity index (χ1v) is 5.70. The lowest BCUT2D eigenvalue weighted by Gasteiger charge is -2.07. The number of amides is 1. The van der Waals surface area contributed by atoms with Crippen LogP contribution in [0, 0.1) is 0 Å². The highest BCUT2D eigenvalue weighted by Crippen LogP contribution is 2.25. The van der Waals surface area contributed by atoms with Gasteiger partial charge in [-0.2, -0.15) is 5.10 Å². The van der Waals surface area contributed by atoms with Gasteiger partial charge in [0, 0.05) is 6.42 Å². The molecular weight excluding hydrogens is 279 g/mol. The number of aryl methyl sites for hydroxylation is 1. The Morgan fingerprint density at radius 1 is 1.28 bits per heavy atom. The SMILES string of the molecule is O=C(CCn1cncn1)Nc1c(Cl)ncnc1Cl. The Labute approximate surface area is 112 Å². The molecule has 2 aromatic heterocycles. The number of carbonyl (C=O) groups excluding carboxylic acids is 1. The first-order valence-electron chi connectivity index (χ1n) is 4.95. The molecule has 0 bridgehead atoms. The molecular formula is C9H8Cl2N6O. The van der Waals surface area contributed by atoms with E-state index in [1.54, 1.807) is 4.68 Å². The molecule has 0 fully saturated rings. The van der Waals surface area contributed by atoms with E-state index in [2.05, 4.69) is 25.4 Å². The van der Waals surface area contributed by atoms with Gasteiger partial charge in [0.1, 0.15) is 24.7 Å². The molecule has 0 saturated carbocycles. The fourth-order valence-corrected chi connectivity index (χ4v) is 1.62. The number of nitrogens with zero attached hydrogens (tertiary/aromatic N) is 5. The van der Waals surface area contributed by atoms with Crippen molar-refractivity contribution in [2.24, 2.45) is 0 Å². The van der Waals surface area contributed by atoms with Crippen LogP contribution in [0.3, 0.4) is 0 Å². The van der Waals surface area contributed by atoms with Crippen LogP contribution >= 0.6 is 23.2 Å². The molecule has 7 nitrogen and oxygen atoms in total. The van der Waals surface area contributed by atoms with Crippen LogP contribution in [0.25, 0.3) is 0 Å². The number of rotatable bonds is 4. The van der Waals surface area contributed by atoms with Crippen molar-refractivity contribution < 1.29 is 4.79 Å². The second-order valence-electron chi connectivity index (χ2n) is 3.29. The maximum atomic E-state index is 11.7. The molecule has 0 saturated heterocycles. The van der Waals surface area contributed by atoms with E-state index < -0.39 is 0 Å². The molecule has 0 atom stereocenters. The summed E-state index contributed by atoms with van der Waals surface area (Å²) in [5, 5.41) is 6.63. The summed E-state index contributed by atoms with van der Waals surface area (Å²) in [6.45, 7) is 0.411. The lowest BCUT2D eigenvalue weighted by atomic mass is 10.4. The monoisotopic (exact) mass is 286 g/mol. The Balaban J connectivity index is 1.95. The third-order valence-corrected chi connectivity index (χ3v) is 2.63. The summed E-state index contributed by atoms with van der Waals surface area (Å²) in [5.41, 5.74) is 0.212. The van der Waals surface area contributed by atoms with Crippen LogP contribution in [0.15, 0.2) is 19.0 Å². The fourth-order valence-electron chi connectivity index (χ4n) is 1.21. The molecule has 0 radical (unpaired) electrons. The van der Waals surface area contributed by atoms with Crippen molar-refractivity contribution in [1.29, 1.82) is 0 Å². The average molecular weight is 287 g/mol. The second kappa shape index (κ2) is 5.74.